The molecule has 0 fully saturated rings. The van der Waals surface area contributed by atoms with Crippen molar-refractivity contribution in [2.24, 2.45) is 0 Å². The van der Waals surface area contributed by atoms with Crippen LogP contribution in [0.4, 0.5) is 11.4 Å². The molecule has 10 heteroatoms. The summed E-state index contributed by atoms with van der Waals surface area (Å²) in [6.45, 7) is 1.90. The summed E-state index contributed by atoms with van der Waals surface area (Å²) >= 11 is 14.0. The quantitative estimate of drug-likeness (QED) is 0.158. The lowest BCUT2D eigenvalue weighted by molar-refractivity contribution is -0.118. The van der Waals surface area contributed by atoms with Gasteiger partial charge in [0.1, 0.15) is 11.6 Å². The standard InChI is InChI=1S/C26H20Cl2IN3O4/c1-2-35-23-13-16(11-17(14-30)26(34)32-22-6-4-3-5-20(22)28)12-21(29)25(23)36-15-24(33)31-19-9-7-18(27)8-10-19/h3-13H,2,15H2,1H3,(H,31,33)(H,32,34)/b17-11+. The third-order valence-electron chi connectivity index (χ3n) is 4.61. The molecule has 0 radical (unpaired) electrons. The molecule has 0 atom stereocenters. The predicted octanol–water partition coefficient (Wildman–Crippen LogP) is 6.56. The van der Waals surface area contributed by atoms with Gasteiger partial charge in [0.2, 0.25) is 0 Å². The van der Waals surface area contributed by atoms with Crippen LogP contribution >= 0.6 is 45.8 Å². The average Bonchev–Trinajstić information content (AvgIpc) is 2.85. The molecule has 0 bridgehead atoms. The fourth-order valence-corrected chi connectivity index (χ4v) is 4.10. The van der Waals surface area contributed by atoms with E-state index in [9.17, 15) is 14.9 Å². The third-order valence-corrected chi connectivity index (χ3v) is 5.99. The van der Waals surface area contributed by atoms with Crippen molar-refractivity contribution in [1.29, 1.82) is 5.26 Å². The summed E-state index contributed by atoms with van der Waals surface area (Å²) in [5.74, 6) is -0.209. The van der Waals surface area contributed by atoms with E-state index in [2.05, 4.69) is 10.6 Å². The fourth-order valence-electron chi connectivity index (χ4n) is 3.01. The zero-order chi connectivity index (χ0) is 26.1. The second-order valence-electron chi connectivity index (χ2n) is 7.21. The van der Waals surface area contributed by atoms with Crippen LogP contribution in [-0.2, 0) is 9.59 Å². The molecule has 3 aromatic rings. The average molecular weight is 636 g/mol. The number of rotatable bonds is 9. The van der Waals surface area contributed by atoms with Gasteiger partial charge in [-0.25, -0.2) is 0 Å². The Morgan fingerprint density at radius 3 is 2.44 bits per heavy atom. The molecule has 184 valence electrons. The summed E-state index contributed by atoms with van der Waals surface area (Å²) in [5.41, 5.74) is 1.42. The Bertz CT molecular complexity index is 1340. The molecule has 0 unspecified atom stereocenters. The lowest BCUT2D eigenvalue weighted by Crippen LogP contribution is -2.20. The minimum absolute atomic E-state index is 0.121. The first-order chi connectivity index (χ1) is 17.3. The fraction of sp³-hybridized carbons (Fsp3) is 0.115. The largest absolute Gasteiger partial charge is 0.490 e. The molecule has 0 aliphatic heterocycles. The van der Waals surface area contributed by atoms with Gasteiger partial charge in [-0.2, -0.15) is 5.26 Å². The summed E-state index contributed by atoms with van der Waals surface area (Å²) in [5, 5.41) is 15.8. The Labute approximate surface area is 232 Å². The van der Waals surface area contributed by atoms with Gasteiger partial charge in [-0.15, -0.1) is 0 Å². The number of carbonyl (C=O) groups is 2. The number of carbonyl (C=O) groups excluding carboxylic acids is 2. The van der Waals surface area contributed by atoms with Crippen molar-refractivity contribution >= 4 is 75.1 Å². The van der Waals surface area contributed by atoms with E-state index < -0.39 is 5.91 Å². The number of amides is 2. The molecule has 0 saturated carbocycles. The van der Waals surface area contributed by atoms with Crippen LogP contribution in [0.15, 0.2) is 66.2 Å². The van der Waals surface area contributed by atoms with Crippen molar-refractivity contribution in [3.05, 3.63) is 85.4 Å². The lowest BCUT2D eigenvalue weighted by atomic mass is 10.1. The minimum Gasteiger partial charge on any atom is -0.490 e. The molecular formula is C26H20Cl2IN3O4. The van der Waals surface area contributed by atoms with Crippen LogP contribution in [0.1, 0.15) is 12.5 Å². The summed E-state index contributed by atoms with van der Waals surface area (Å²) in [6, 6.07) is 18.7. The van der Waals surface area contributed by atoms with Crippen molar-refractivity contribution in [3.8, 4) is 17.6 Å². The van der Waals surface area contributed by atoms with Crippen LogP contribution in [0.3, 0.4) is 0 Å². The summed E-state index contributed by atoms with van der Waals surface area (Å²) in [4.78, 5) is 25.0. The van der Waals surface area contributed by atoms with E-state index in [-0.39, 0.29) is 18.1 Å². The highest BCUT2D eigenvalue weighted by Crippen LogP contribution is 2.35. The summed E-state index contributed by atoms with van der Waals surface area (Å²) in [7, 11) is 0. The molecule has 0 saturated heterocycles. The summed E-state index contributed by atoms with van der Waals surface area (Å²) in [6.07, 6.45) is 1.44. The van der Waals surface area contributed by atoms with Crippen molar-refractivity contribution < 1.29 is 19.1 Å². The Hall–Kier alpha value is -3.26. The first kappa shape index (κ1) is 27.3. The molecule has 0 heterocycles. The maximum absolute atomic E-state index is 12.6. The summed E-state index contributed by atoms with van der Waals surface area (Å²) < 4.78 is 12.1. The van der Waals surface area contributed by atoms with E-state index in [1.165, 1.54) is 6.08 Å². The molecule has 7 nitrogen and oxygen atoms in total. The molecule has 2 N–H and O–H groups in total. The molecule has 0 aromatic heterocycles. The molecule has 36 heavy (non-hydrogen) atoms. The number of hydrogen-bond acceptors (Lipinski definition) is 5. The number of hydrogen-bond donors (Lipinski definition) is 2. The van der Waals surface area contributed by atoms with Crippen molar-refractivity contribution in [1.82, 2.24) is 0 Å². The third kappa shape index (κ3) is 7.62. The lowest BCUT2D eigenvalue weighted by Gasteiger charge is -2.15. The number of ether oxygens (including phenoxy) is 2. The molecule has 0 aliphatic carbocycles. The topological polar surface area (TPSA) is 100 Å². The number of nitrogens with zero attached hydrogens (tertiary/aromatic N) is 1. The number of nitrogens with one attached hydrogen (secondary N) is 2. The van der Waals surface area contributed by atoms with Gasteiger partial charge in [0.05, 0.1) is 20.9 Å². The van der Waals surface area contributed by atoms with Gasteiger partial charge in [-0.05, 0) is 89.7 Å². The molecule has 0 aliphatic rings. The number of para-hydroxylation sites is 1. The second-order valence-corrected chi connectivity index (χ2v) is 9.22. The van der Waals surface area contributed by atoms with Crippen molar-refractivity contribution in [3.63, 3.8) is 0 Å². The minimum atomic E-state index is -0.599. The Kier molecular flexibility index (Phi) is 9.99. The van der Waals surface area contributed by atoms with Crippen LogP contribution in [0.25, 0.3) is 6.08 Å². The number of halogens is 3. The molecule has 0 spiro atoms. The molecule has 2 amide bonds. The van der Waals surface area contributed by atoms with E-state index in [0.717, 1.165) is 0 Å². The highest BCUT2D eigenvalue weighted by molar-refractivity contribution is 14.1. The first-order valence-corrected chi connectivity index (χ1v) is 12.5. The smallest absolute Gasteiger partial charge is 0.266 e. The van der Waals surface area contributed by atoms with Crippen molar-refractivity contribution in [2.75, 3.05) is 23.8 Å². The monoisotopic (exact) mass is 635 g/mol. The van der Waals surface area contributed by atoms with Crippen molar-refractivity contribution in [2.45, 2.75) is 6.92 Å². The van der Waals surface area contributed by atoms with Crippen LogP contribution in [0.2, 0.25) is 10.0 Å². The van der Waals surface area contributed by atoms with E-state index >= 15 is 0 Å². The van der Waals surface area contributed by atoms with Gasteiger partial charge in [-0.1, -0.05) is 35.3 Å². The van der Waals surface area contributed by atoms with Gasteiger partial charge in [0, 0.05) is 10.7 Å². The molecule has 3 rings (SSSR count). The molecule has 3 aromatic carbocycles. The van der Waals surface area contributed by atoms with Gasteiger partial charge in [0.15, 0.2) is 18.1 Å². The number of anilines is 2. The van der Waals surface area contributed by atoms with E-state index in [1.807, 2.05) is 35.6 Å². The maximum Gasteiger partial charge on any atom is 0.266 e. The van der Waals surface area contributed by atoms with Crippen LogP contribution in [-0.4, -0.2) is 25.0 Å². The highest BCUT2D eigenvalue weighted by atomic mass is 127. The highest BCUT2D eigenvalue weighted by Gasteiger charge is 2.16. The van der Waals surface area contributed by atoms with Gasteiger partial charge >= 0.3 is 0 Å². The van der Waals surface area contributed by atoms with Crippen LogP contribution in [0, 0.1) is 14.9 Å². The van der Waals surface area contributed by atoms with Gasteiger partial charge < -0.3 is 20.1 Å². The second kappa shape index (κ2) is 13.2. The van der Waals surface area contributed by atoms with Gasteiger partial charge in [0.25, 0.3) is 11.8 Å². The SMILES string of the molecule is CCOc1cc(/C=C(\C#N)C(=O)Nc2ccccc2Cl)cc(I)c1OCC(=O)Nc1ccc(Cl)cc1. The maximum atomic E-state index is 12.6. The Morgan fingerprint density at radius 2 is 1.78 bits per heavy atom. The Balaban J connectivity index is 1.77. The zero-order valence-corrected chi connectivity index (χ0v) is 22.6. The normalized spacial score (nSPS) is 10.8. The molecular weight excluding hydrogens is 616 g/mol. The predicted molar refractivity (Wildman–Crippen MR) is 150 cm³/mol. The van der Waals surface area contributed by atoms with E-state index in [1.54, 1.807) is 60.7 Å². The van der Waals surface area contributed by atoms with Gasteiger partial charge in [-0.3, -0.25) is 9.59 Å². The number of benzene rings is 3. The first-order valence-electron chi connectivity index (χ1n) is 10.6. The van der Waals surface area contributed by atoms with Crippen LogP contribution < -0.4 is 20.1 Å². The van der Waals surface area contributed by atoms with Crippen LogP contribution in [0.5, 0.6) is 11.5 Å². The van der Waals surface area contributed by atoms with E-state index in [4.69, 9.17) is 32.7 Å². The Morgan fingerprint density at radius 1 is 1.06 bits per heavy atom. The zero-order valence-electron chi connectivity index (χ0n) is 19.0. The number of nitriles is 1. The van der Waals surface area contributed by atoms with E-state index in [0.29, 0.717) is 48.7 Å².